The van der Waals surface area contributed by atoms with Crippen LogP contribution in [0.2, 0.25) is 5.02 Å². The predicted octanol–water partition coefficient (Wildman–Crippen LogP) is 2.92. The van der Waals surface area contributed by atoms with Crippen molar-refractivity contribution in [3.8, 4) is 0 Å². The summed E-state index contributed by atoms with van der Waals surface area (Å²) >= 11 is 5.88. The molecule has 2 rings (SSSR count). The van der Waals surface area contributed by atoms with Gasteiger partial charge in [-0.1, -0.05) is 22.3 Å². The Kier molecular flexibility index (Phi) is 3.42. The molecular weight excluding hydrogens is 220 g/mol. The number of halogens is 1. The molecule has 0 bridgehead atoms. The maximum absolute atomic E-state index is 5.88. The molecule has 1 heterocycles. The van der Waals surface area contributed by atoms with Crippen LogP contribution in [-0.4, -0.2) is 6.54 Å². The molecule has 1 aromatic heterocycles. The molecule has 2 aromatic rings. The van der Waals surface area contributed by atoms with Gasteiger partial charge in [0.15, 0.2) is 12.4 Å². The second kappa shape index (κ2) is 4.99. The fourth-order valence-electron chi connectivity index (χ4n) is 1.64. The van der Waals surface area contributed by atoms with Crippen molar-refractivity contribution in [3.05, 3.63) is 59.9 Å². The van der Waals surface area contributed by atoms with E-state index in [2.05, 4.69) is 16.6 Å². The van der Waals surface area contributed by atoms with Crippen molar-refractivity contribution in [1.29, 1.82) is 0 Å². The van der Waals surface area contributed by atoms with Crippen LogP contribution in [-0.2, 0) is 0 Å². The molecule has 82 valence electrons. The standard InChI is InChI=1S/C13H14ClN2/c1-2-16(15-10-4-3-5-11-15)13-8-6-12(14)7-9-13/h3-11H,2H2,1H3/q+1. The molecule has 0 saturated heterocycles. The second-order valence-corrected chi connectivity index (χ2v) is 3.88. The molecule has 3 heteroatoms. The number of rotatable bonds is 3. The largest absolute Gasteiger partial charge is 0.200 e. The molecule has 0 aliphatic rings. The molecular formula is C13H14ClN2+. The average Bonchev–Trinajstić information content (AvgIpc) is 2.34. The molecule has 0 radical (unpaired) electrons. The van der Waals surface area contributed by atoms with Crippen molar-refractivity contribution in [3.63, 3.8) is 0 Å². The molecule has 0 spiro atoms. The van der Waals surface area contributed by atoms with Crippen LogP contribution in [0.1, 0.15) is 6.92 Å². The van der Waals surface area contributed by atoms with E-state index in [0.29, 0.717) is 0 Å². The molecule has 0 atom stereocenters. The smallest absolute Gasteiger partial charge is 0.149 e. The number of nitrogens with zero attached hydrogens (tertiary/aromatic N) is 2. The zero-order valence-corrected chi connectivity index (χ0v) is 9.93. The van der Waals surface area contributed by atoms with E-state index in [4.69, 9.17) is 11.6 Å². The van der Waals surface area contributed by atoms with Gasteiger partial charge >= 0.3 is 0 Å². The van der Waals surface area contributed by atoms with Crippen LogP contribution >= 0.6 is 11.6 Å². The van der Waals surface area contributed by atoms with Crippen LogP contribution in [0.4, 0.5) is 5.69 Å². The van der Waals surface area contributed by atoms with E-state index in [1.807, 2.05) is 54.9 Å². The third-order valence-corrected chi connectivity index (χ3v) is 2.65. The molecule has 2 nitrogen and oxygen atoms in total. The van der Waals surface area contributed by atoms with Gasteiger partial charge in [0.05, 0.1) is 12.2 Å². The first-order chi connectivity index (χ1) is 7.81. The molecule has 0 aliphatic carbocycles. The van der Waals surface area contributed by atoms with Gasteiger partial charge in [0.25, 0.3) is 0 Å². The number of aromatic nitrogens is 1. The number of hydrogen-bond donors (Lipinski definition) is 0. The topological polar surface area (TPSA) is 7.12 Å². The lowest BCUT2D eigenvalue weighted by atomic mass is 10.3. The number of anilines is 1. The number of hydrogen-bond acceptors (Lipinski definition) is 1. The minimum absolute atomic E-state index is 0.762. The van der Waals surface area contributed by atoms with Crippen LogP contribution in [0.15, 0.2) is 54.9 Å². The second-order valence-electron chi connectivity index (χ2n) is 3.45. The molecule has 0 amide bonds. The molecule has 16 heavy (non-hydrogen) atoms. The Morgan fingerprint density at radius 1 is 1.06 bits per heavy atom. The van der Waals surface area contributed by atoms with Gasteiger partial charge in [-0.15, -0.1) is 5.01 Å². The fourth-order valence-corrected chi connectivity index (χ4v) is 1.77. The fraction of sp³-hybridized carbons (Fsp3) is 0.154. The summed E-state index contributed by atoms with van der Waals surface area (Å²) in [6.07, 6.45) is 4.05. The maximum atomic E-state index is 5.88. The van der Waals surface area contributed by atoms with Gasteiger partial charge in [0, 0.05) is 17.2 Å². The summed E-state index contributed by atoms with van der Waals surface area (Å²) in [5.74, 6) is 0. The van der Waals surface area contributed by atoms with Crippen LogP contribution in [0.25, 0.3) is 0 Å². The van der Waals surface area contributed by atoms with Gasteiger partial charge in [-0.05, 0) is 31.2 Å². The van der Waals surface area contributed by atoms with E-state index in [1.165, 1.54) is 0 Å². The molecule has 0 aliphatic heterocycles. The quantitative estimate of drug-likeness (QED) is 0.740. The minimum atomic E-state index is 0.762. The van der Waals surface area contributed by atoms with Gasteiger partial charge in [-0.25, -0.2) is 0 Å². The highest BCUT2D eigenvalue weighted by Gasteiger charge is 2.12. The Labute approximate surface area is 101 Å². The number of pyridine rings is 1. The van der Waals surface area contributed by atoms with E-state index < -0.39 is 0 Å². The van der Waals surface area contributed by atoms with Crippen molar-refractivity contribution in [2.75, 3.05) is 11.6 Å². The Balaban J connectivity index is 2.33. The summed E-state index contributed by atoms with van der Waals surface area (Å²) < 4.78 is 2.06. The van der Waals surface area contributed by atoms with E-state index >= 15 is 0 Å². The van der Waals surface area contributed by atoms with E-state index in [9.17, 15) is 0 Å². The highest BCUT2D eigenvalue weighted by Crippen LogP contribution is 2.16. The highest BCUT2D eigenvalue weighted by molar-refractivity contribution is 6.30. The van der Waals surface area contributed by atoms with Gasteiger partial charge in [-0.2, -0.15) is 0 Å². The zero-order valence-electron chi connectivity index (χ0n) is 9.18. The van der Waals surface area contributed by atoms with Crippen molar-refractivity contribution < 1.29 is 4.68 Å². The first-order valence-corrected chi connectivity index (χ1v) is 5.68. The maximum Gasteiger partial charge on any atom is 0.200 e. The molecule has 0 fully saturated rings. The minimum Gasteiger partial charge on any atom is -0.149 e. The molecule has 0 saturated carbocycles. The first-order valence-electron chi connectivity index (χ1n) is 5.31. The summed E-state index contributed by atoms with van der Waals surface area (Å²) in [6, 6.07) is 13.9. The lowest BCUT2D eigenvalue weighted by Crippen LogP contribution is -2.53. The normalized spacial score (nSPS) is 10.1. The number of benzene rings is 1. The van der Waals surface area contributed by atoms with Gasteiger partial charge in [0.2, 0.25) is 0 Å². The van der Waals surface area contributed by atoms with Gasteiger partial charge < -0.3 is 0 Å². The SMILES string of the molecule is CCN(c1ccc(Cl)cc1)[n+]1ccccc1. The van der Waals surface area contributed by atoms with Crippen LogP contribution in [0, 0.1) is 0 Å². The van der Waals surface area contributed by atoms with Crippen molar-refractivity contribution >= 4 is 17.3 Å². The average molecular weight is 234 g/mol. The van der Waals surface area contributed by atoms with Crippen molar-refractivity contribution in [1.82, 2.24) is 0 Å². The summed E-state index contributed by atoms with van der Waals surface area (Å²) in [5.41, 5.74) is 1.13. The lowest BCUT2D eigenvalue weighted by molar-refractivity contribution is -0.684. The Hall–Kier alpha value is -1.54. The molecule has 0 N–H and O–H groups in total. The van der Waals surface area contributed by atoms with Gasteiger partial charge in [0.1, 0.15) is 0 Å². The third-order valence-electron chi connectivity index (χ3n) is 2.40. The summed E-state index contributed by atoms with van der Waals surface area (Å²) in [6.45, 7) is 3.02. The van der Waals surface area contributed by atoms with E-state index in [-0.39, 0.29) is 0 Å². The third kappa shape index (κ3) is 2.34. The van der Waals surface area contributed by atoms with Crippen LogP contribution < -0.4 is 9.69 Å². The van der Waals surface area contributed by atoms with Crippen LogP contribution in [0.3, 0.4) is 0 Å². The van der Waals surface area contributed by atoms with Crippen molar-refractivity contribution in [2.45, 2.75) is 6.92 Å². The zero-order chi connectivity index (χ0) is 11.4. The van der Waals surface area contributed by atoms with Gasteiger partial charge in [-0.3, -0.25) is 0 Å². The van der Waals surface area contributed by atoms with E-state index in [1.54, 1.807) is 0 Å². The highest BCUT2D eigenvalue weighted by atomic mass is 35.5. The molecule has 0 unspecified atom stereocenters. The monoisotopic (exact) mass is 233 g/mol. The Bertz CT molecular complexity index is 439. The Morgan fingerprint density at radius 2 is 1.69 bits per heavy atom. The molecule has 1 aromatic carbocycles. The lowest BCUT2D eigenvalue weighted by Gasteiger charge is -2.15. The predicted molar refractivity (Wildman–Crippen MR) is 66.5 cm³/mol. The summed E-state index contributed by atoms with van der Waals surface area (Å²) in [7, 11) is 0. The summed E-state index contributed by atoms with van der Waals surface area (Å²) in [5, 5.41) is 2.92. The first kappa shape index (κ1) is 11.0. The van der Waals surface area contributed by atoms with Crippen LogP contribution in [0.5, 0.6) is 0 Å². The van der Waals surface area contributed by atoms with E-state index in [0.717, 1.165) is 17.3 Å². The van der Waals surface area contributed by atoms with Crippen molar-refractivity contribution in [2.24, 2.45) is 0 Å². The summed E-state index contributed by atoms with van der Waals surface area (Å²) in [4.78, 5) is 0. The Morgan fingerprint density at radius 3 is 2.25 bits per heavy atom.